The van der Waals surface area contributed by atoms with E-state index in [4.69, 9.17) is 27.1 Å². The van der Waals surface area contributed by atoms with Gasteiger partial charge in [-0.15, -0.1) is 0 Å². The van der Waals surface area contributed by atoms with Gasteiger partial charge in [0.2, 0.25) is 0 Å². The third kappa shape index (κ3) is 10.5. The molecule has 7 rings (SSSR count). The van der Waals surface area contributed by atoms with Gasteiger partial charge in [0.15, 0.2) is 0 Å². The summed E-state index contributed by atoms with van der Waals surface area (Å²) in [7, 11) is -4.10. The Hall–Kier alpha value is -5.02. The van der Waals surface area contributed by atoms with Crippen LogP contribution in [-0.2, 0) is 28.1 Å². The van der Waals surface area contributed by atoms with E-state index in [1.165, 1.54) is 5.56 Å². The lowest BCUT2D eigenvalue weighted by atomic mass is 9.73. The molecule has 1 heterocycles. The second-order valence-electron chi connectivity index (χ2n) is 20.5. The van der Waals surface area contributed by atoms with E-state index in [0.29, 0.717) is 35.2 Å². The maximum absolute atomic E-state index is 7.39. The van der Waals surface area contributed by atoms with E-state index in [1.54, 1.807) is 0 Å². The van der Waals surface area contributed by atoms with Crippen molar-refractivity contribution in [1.29, 1.82) is 0 Å². The van der Waals surface area contributed by atoms with Gasteiger partial charge in [-0.3, -0.25) is 0 Å². The predicted molar refractivity (Wildman–Crippen MR) is 262 cm³/mol. The molecule has 0 radical (unpaired) electrons. The van der Waals surface area contributed by atoms with Crippen molar-refractivity contribution in [3.8, 4) is 45.6 Å². The van der Waals surface area contributed by atoms with E-state index in [0.717, 1.165) is 55.8 Å². The van der Waals surface area contributed by atoms with Crippen molar-refractivity contribution in [2.24, 2.45) is 0 Å². The van der Waals surface area contributed by atoms with Crippen LogP contribution in [0.2, 0.25) is 0 Å². The number of benzene rings is 6. The lowest BCUT2D eigenvalue weighted by Crippen LogP contribution is -2.23. The van der Waals surface area contributed by atoms with Gasteiger partial charge in [-0.25, -0.2) is 0 Å². The Balaban J connectivity index is 1.55. The van der Waals surface area contributed by atoms with Gasteiger partial charge in [0.1, 0.15) is 34.5 Å². The first-order valence-electron chi connectivity index (χ1n) is 21.9. The van der Waals surface area contributed by atoms with Crippen molar-refractivity contribution in [2.75, 3.05) is 0 Å². The van der Waals surface area contributed by atoms with Gasteiger partial charge in [0.05, 0.1) is 0 Å². The van der Waals surface area contributed by atoms with E-state index in [-0.39, 0.29) is 16.2 Å². The van der Waals surface area contributed by atoms with Gasteiger partial charge in [-0.1, -0.05) is 161 Å². The second-order valence-corrected chi connectivity index (χ2v) is 22.5. The van der Waals surface area contributed by atoms with Crippen LogP contribution in [0.1, 0.15) is 121 Å². The van der Waals surface area contributed by atoms with Crippen molar-refractivity contribution in [3.63, 3.8) is 0 Å². The Morgan fingerprint density at radius 1 is 0.540 bits per heavy atom. The lowest BCUT2D eigenvalue weighted by Gasteiger charge is -2.33. The third-order valence-electron chi connectivity index (χ3n) is 11.6. The molecule has 0 aromatic heterocycles. The number of para-hydroxylation sites is 4. The molecule has 0 N–H and O–H groups in total. The first-order chi connectivity index (χ1) is 29.6. The fraction of sp³-hybridized carbons (Fsp3) is 0.345. The molecule has 1 atom stereocenters. The Morgan fingerprint density at radius 2 is 1.03 bits per heavy atom. The fourth-order valence-electron chi connectivity index (χ4n) is 7.65. The van der Waals surface area contributed by atoms with Gasteiger partial charge in [-0.2, -0.15) is 0 Å². The van der Waals surface area contributed by atoms with E-state index in [2.05, 4.69) is 113 Å². The van der Waals surface area contributed by atoms with Gasteiger partial charge >= 0.3 is 17.2 Å². The lowest BCUT2D eigenvalue weighted by molar-refractivity contribution is 0.379. The molecule has 1 aliphatic rings. The summed E-state index contributed by atoms with van der Waals surface area (Å²) < 4.78 is 42.1. The van der Waals surface area contributed by atoms with E-state index in [9.17, 15) is 0 Å². The zero-order valence-corrected chi connectivity index (χ0v) is 41.4. The largest absolute Gasteiger partial charge is 0.530 e. The number of hydrogen-bond donors (Lipinski definition) is 0. The van der Waals surface area contributed by atoms with Crippen LogP contribution < -0.4 is 27.1 Å². The van der Waals surface area contributed by atoms with Crippen LogP contribution in [0, 0.1) is 20.8 Å². The molecule has 1 aliphatic heterocycles. The number of rotatable bonds is 9. The highest BCUT2D eigenvalue weighted by atomic mass is 31.2. The van der Waals surface area contributed by atoms with Crippen LogP contribution in [0.3, 0.4) is 0 Å². The van der Waals surface area contributed by atoms with Gasteiger partial charge in [0.25, 0.3) is 0 Å². The summed E-state index contributed by atoms with van der Waals surface area (Å²) in [5.41, 5.74) is 9.01. The molecule has 330 valence electrons. The Bertz CT molecular complexity index is 2550. The molecule has 0 aliphatic carbocycles. The molecule has 1 unspecified atom stereocenters. The fourth-order valence-corrected chi connectivity index (χ4v) is 10.00. The summed E-state index contributed by atoms with van der Waals surface area (Å²) in [5, 5.41) is 0. The summed E-state index contributed by atoms with van der Waals surface area (Å²) in [6.45, 7) is 31.0. The highest BCUT2D eigenvalue weighted by Crippen LogP contribution is 2.57. The average molecular weight is 883 g/mol. The van der Waals surface area contributed by atoms with Crippen LogP contribution in [0.25, 0.3) is 11.1 Å². The van der Waals surface area contributed by atoms with Crippen LogP contribution >= 0.6 is 17.2 Å². The highest BCUT2D eigenvalue weighted by molar-refractivity contribution is 7.43. The van der Waals surface area contributed by atoms with Gasteiger partial charge < -0.3 is 27.1 Å². The third-order valence-corrected chi connectivity index (χ3v) is 13.7. The summed E-state index contributed by atoms with van der Waals surface area (Å²) in [6.07, 6.45) is 0.707. The molecule has 63 heavy (non-hydrogen) atoms. The van der Waals surface area contributed by atoms with Crippen molar-refractivity contribution in [3.05, 3.63) is 166 Å². The minimum atomic E-state index is -2.07. The molecular formula is C55H64O6P2. The normalized spacial score (nSPS) is 15.1. The molecule has 0 spiro atoms. The van der Waals surface area contributed by atoms with E-state index >= 15 is 0 Å². The summed E-state index contributed by atoms with van der Waals surface area (Å²) in [4.78, 5) is 0. The predicted octanol–water partition coefficient (Wildman–Crippen LogP) is 16.5. The first-order valence-corrected chi connectivity index (χ1v) is 24.1. The quantitative estimate of drug-likeness (QED) is 0.135. The van der Waals surface area contributed by atoms with E-state index in [1.807, 2.05) is 106 Å². The zero-order chi connectivity index (χ0) is 45.5. The molecule has 6 aromatic carbocycles. The van der Waals surface area contributed by atoms with E-state index < -0.39 is 22.6 Å². The maximum Gasteiger partial charge on any atom is 0.530 e. The molecule has 0 fully saturated rings. The monoisotopic (exact) mass is 882 g/mol. The van der Waals surface area contributed by atoms with Crippen molar-refractivity contribution in [1.82, 2.24) is 0 Å². The molecular weight excluding hydrogens is 819 g/mol. The number of fused-ring (bicyclic) bond motifs is 2. The summed E-state index contributed by atoms with van der Waals surface area (Å²) >= 11 is 0. The molecule has 0 amide bonds. The van der Waals surface area contributed by atoms with Gasteiger partial charge in [-0.05, 0) is 119 Å². The van der Waals surface area contributed by atoms with Crippen LogP contribution in [0.4, 0.5) is 0 Å². The molecule has 0 bridgehead atoms. The summed E-state index contributed by atoms with van der Waals surface area (Å²) in [5.74, 6) is 4.21. The van der Waals surface area contributed by atoms with Crippen LogP contribution in [0.15, 0.2) is 121 Å². The Morgan fingerprint density at radius 3 is 1.57 bits per heavy atom. The molecule has 6 nitrogen and oxygen atoms in total. The average Bonchev–Trinajstić information content (AvgIpc) is 3.24. The minimum Gasteiger partial charge on any atom is -0.408 e. The van der Waals surface area contributed by atoms with Crippen LogP contribution in [-0.4, -0.2) is 0 Å². The van der Waals surface area contributed by atoms with Crippen molar-refractivity contribution in [2.45, 2.75) is 125 Å². The zero-order valence-electron chi connectivity index (χ0n) is 39.6. The Labute approximate surface area is 379 Å². The molecule has 6 aromatic rings. The second kappa shape index (κ2) is 17.9. The standard InChI is InChI=1S/C55H64O6P2/c1-36-23-15-19-27-46(36)56-62(57-47-28-20-16-24-37(47)2)60-50-42(31-40(52(4,5)6)33-44(50)54(10,11)12)43-32-41(53(7,8)9)34-45-51(43)61-63(58-48-29-21-17-25-38(48)3)59-49-30-22-18-26-39(49)35-55(45,13)14/h15-34H,35H2,1-14H3. The molecule has 0 saturated carbocycles. The maximum atomic E-state index is 7.39. The van der Waals surface area contributed by atoms with Gasteiger partial charge in [0, 0.05) is 22.3 Å². The number of hydrogen-bond acceptors (Lipinski definition) is 6. The van der Waals surface area contributed by atoms with Crippen molar-refractivity contribution < 1.29 is 27.1 Å². The number of aryl methyl sites for hydroxylation is 3. The smallest absolute Gasteiger partial charge is 0.408 e. The molecule has 0 saturated heterocycles. The highest BCUT2D eigenvalue weighted by Gasteiger charge is 2.38. The summed E-state index contributed by atoms with van der Waals surface area (Å²) in [6, 6.07) is 41.4. The Kier molecular flexibility index (Phi) is 13.0. The topological polar surface area (TPSA) is 55.4 Å². The minimum absolute atomic E-state index is 0.216. The first kappa shape index (κ1) is 46.0. The van der Waals surface area contributed by atoms with Crippen LogP contribution in [0.5, 0.6) is 34.5 Å². The molecule has 8 heteroatoms. The SMILES string of the molecule is Cc1ccccc1OP(Oc1ccccc1C)Oc1c(-c2cc(C(C)(C)C)cc3c2OP(Oc2ccccc2C)Oc2ccccc2CC3(C)C)cc(C(C)(C)C)cc1C(C)(C)C. The van der Waals surface area contributed by atoms with Crippen molar-refractivity contribution >= 4 is 17.2 Å².